The molecule has 2 atom stereocenters. The molecule has 1 aromatic heterocycles. The number of hydrazine groups is 1. The molecule has 1 fully saturated rings. The van der Waals surface area contributed by atoms with Crippen LogP contribution in [0.15, 0.2) is 30.3 Å². The van der Waals surface area contributed by atoms with Crippen molar-refractivity contribution in [3.63, 3.8) is 0 Å². The van der Waals surface area contributed by atoms with E-state index in [1.54, 1.807) is 0 Å². The maximum absolute atomic E-state index is 12.7. The number of anilines is 1. The van der Waals surface area contributed by atoms with E-state index in [1.807, 2.05) is 30.3 Å². The van der Waals surface area contributed by atoms with Gasteiger partial charge in [-0.15, -0.1) is 10.2 Å². The molecule has 1 aliphatic rings. The van der Waals surface area contributed by atoms with Crippen LogP contribution in [0.3, 0.4) is 0 Å². The summed E-state index contributed by atoms with van der Waals surface area (Å²) in [4.78, 5) is 12.7. The van der Waals surface area contributed by atoms with Gasteiger partial charge in [0.2, 0.25) is 11.0 Å². The van der Waals surface area contributed by atoms with Crippen LogP contribution in [-0.2, 0) is 4.79 Å². The Labute approximate surface area is 146 Å². The van der Waals surface area contributed by atoms with Gasteiger partial charge in [-0.05, 0) is 18.4 Å². The number of carbonyl (C=O) groups excluding carboxylic acids is 1. The van der Waals surface area contributed by atoms with Crippen molar-refractivity contribution in [1.82, 2.24) is 21.0 Å². The number of hydrogen-bond donors (Lipinski definition) is 3. The SMILES string of the molecule is CCC(CC)c1nnc(NC(=O)C2CNNC2c2ccccc2)s1. The Morgan fingerprint density at radius 2 is 2.04 bits per heavy atom. The van der Waals surface area contributed by atoms with E-state index >= 15 is 0 Å². The first kappa shape index (κ1) is 17.0. The van der Waals surface area contributed by atoms with E-state index in [2.05, 4.69) is 40.2 Å². The third-order valence-corrected chi connectivity index (χ3v) is 5.48. The Morgan fingerprint density at radius 1 is 1.29 bits per heavy atom. The van der Waals surface area contributed by atoms with E-state index in [0.29, 0.717) is 17.6 Å². The fourth-order valence-electron chi connectivity index (χ4n) is 3.00. The topological polar surface area (TPSA) is 78.9 Å². The minimum Gasteiger partial charge on any atom is -0.300 e. The predicted molar refractivity (Wildman–Crippen MR) is 95.7 cm³/mol. The lowest BCUT2D eigenvalue weighted by molar-refractivity contribution is -0.119. The Morgan fingerprint density at radius 3 is 2.75 bits per heavy atom. The summed E-state index contributed by atoms with van der Waals surface area (Å²) in [5.41, 5.74) is 7.37. The van der Waals surface area contributed by atoms with Crippen LogP contribution >= 0.6 is 11.3 Å². The molecule has 0 aliphatic carbocycles. The van der Waals surface area contributed by atoms with Gasteiger partial charge in [-0.2, -0.15) is 0 Å². The van der Waals surface area contributed by atoms with E-state index in [9.17, 15) is 4.79 Å². The van der Waals surface area contributed by atoms with Gasteiger partial charge in [0.05, 0.1) is 12.0 Å². The summed E-state index contributed by atoms with van der Waals surface area (Å²) in [7, 11) is 0. The molecule has 1 aromatic carbocycles. The molecule has 128 valence electrons. The Hall–Kier alpha value is -1.83. The molecule has 2 unspecified atom stereocenters. The molecule has 0 saturated carbocycles. The second-order valence-electron chi connectivity index (χ2n) is 5.97. The molecule has 7 heteroatoms. The first-order valence-electron chi connectivity index (χ1n) is 8.40. The minimum atomic E-state index is -0.187. The zero-order valence-electron chi connectivity index (χ0n) is 14.0. The largest absolute Gasteiger partial charge is 0.300 e. The lowest BCUT2D eigenvalue weighted by Gasteiger charge is -2.17. The number of amides is 1. The molecule has 2 aromatic rings. The molecule has 1 amide bonds. The highest BCUT2D eigenvalue weighted by Crippen LogP contribution is 2.30. The van der Waals surface area contributed by atoms with Gasteiger partial charge in [-0.3, -0.25) is 10.2 Å². The number of aromatic nitrogens is 2. The molecule has 0 spiro atoms. The second kappa shape index (κ2) is 7.83. The summed E-state index contributed by atoms with van der Waals surface area (Å²) in [6.45, 7) is 4.88. The first-order chi connectivity index (χ1) is 11.7. The summed E-state index contributed by atoms with van der Waals surface area (Å²) in [5.74, 6) is 0.196. The van der Waals surface area contributed by atoms with Crippen LogP contribution in [0.4, 0.5) is 5.13 Å². The average molecular weight is 345 g/mol. The van der Waals surface area contributed by atoms with Gasteiger partial charge >= 0.3 is 0 Å². The molecule has 6 nitrogen and oxygen atoms in total. The van der Waals surface area contributed by atoms with Crippen molar-refractivity contribution < 1.29 is 4.79 Å². The lowest BCUT2D eigenvalue weighted by atomic mass is 9.94. The van der Waals surface area contributed by atoms with E-state index in [4.69, 9.17) is 0 Å². The summed E-state index contributed by atoms with van der Waals surface area (Å²) in [6.07, 6.45) is 2.07. The van der Waals surface area contributed by atoms with Crippen LogP contribution < -0.4 is 16.2 Å². The standard InChI is InChI=1S/C17H23N5OS/c1-3-11(4-2)16-21-22-17(24-16)19-15(23)13-10-18-20-14(13)12-8-6-5-7-9-12/h5-9,11,13-14,18,20H,3-4,10H2,1-2H3,(H,19,22,23). The van der Waals surface area contributed by atoms with Crippen LogP contribution in [0.25, 0.3) is 0 Å². The van der Waals surface area contributed by atoms with Crippen LogP contribution in [0.2, 0.25) is 0 Å². The van der Waals surface area contributed by atoms with Crippen LogP contribution in [0.1, 0.15) is 49.2 Å². The monoisotopic (exact) mass is 345 g/mol. The summed E-state index contributed by atoms with van der Waals surface area (Å²) in [6, 6.07) is 9.95. The summed E-state index contributed by atoms with van der Waals surface area (Å²) < 4.78 is 0. The molecular weight excluding hydrogens is 322 g/mol. The van der Waals surface area contributed by atoms with Crippen molar-refractivity contribution in [2.75, 3.05) is 11.9 Å². The highest BCUT2D eigenvalue weighted by atomic mass is 32.1. The third kappa shape index (κ3) is 3.63. The molecule has 1 aliphatic heterocycles. The maximum Gasteiger partial charge on any atom is 0.232 e. The Kier molecular flexibility index (Phi) is 5.55. The predicted octanol–water partition coefficient (Wildman–Crippen LogP) is 2.85. The van der Waals surface area contributed by atoms with Crippen molar-refractivity contribution in [3.8, 4) is 0 Å². The van der Waals surface area contributed by atoms with Crippen molar-refractivity contribution in [1.29, 1.82) is 0 Å². The van der Waals surface area contributed by atoms with Gasteiger partial charge in [-0.1, -0.05) is 55.5 Å². The smallest absolute Gasteiger partial charge is 0.232 e. The van der Waals surface area contributed by atoms with Gasteiger partial charge < -0.3 is 5.32 Å². The fourth-order valence-corrected chi connectivity index (χ4v) is 4.02. The number of carbonyl (C=O) groups is 1. The van der Waals surface area contributed by atoms with E-state index < -0.39 is 0 Å². The zero-order chi connectivity index (χ0) is 16.9. The molecule has 3 N–H and O–H groups in total. The van der Waals surface area contributed by atoms with Crippen LogP contribution in [0.5, 0.6) is 0 Å². The molecule has 3 rings (SSSR count). The average Bonchev–Trinajstić information content (AvgIpc) is 3.26. The number of hydrogen-bond acceptors (Lipinski definition) is 6. The maximum atomic E-state index is 12.7. The van der Waals surface area contributed by atoms with Crippen LogP contribution in [-0.4, -0.2) is 22.6 Å². The van der Waals surface area contributed by atoms with Crippen LogP contribution in [0, 0.1) is 5.92 Å². The number of rotatable bonds is 6. The summed E-state index contributed by atoms with van der Waals surface area (Å²) >= 11 is 1.48. The van der Waals surface area contributed by atoms with Gasteiger partial charge in [0.1, 0.15) is 5.01 Å². The third-order valence-electron chi connectivity index (χ3n) is 4.48. The fraction of sp³-hybridized carbons (Fsp3) is 0.471. The highest BCUT2D eigenvalue weighted by molar-refractivity contribution is 7.15. The summed E-state index contributed by atoms with van der Waals surface area (Å²) in [5, 5.41) is 12.9. The molecule has 2 heterocycles. The highest BCUT2D eigenvalue weighted by Gasteiger charge is 2.34. The van der Waals surface area contributed by atoms with E-state index in [1.165, 1.54) is 11.3 Å². The van der Waals surface area contributed by atoms with Crippen molar-refractivity contribution in [2.24, 2.45) is 5.92 Å². The van der Waals surface area contributed by atoms with Crippen molar-refractivity contribution in [2.45, 2.75) is 38.6 Å². The second-order valence-corrected chi connectivity index (χ2v) is 6.98. The quantitative estimate of drug-likeness (QED) is 0.750. The van der Waals surface area contributed by atoms with Gasteiger partial charge in [0.15, 0.2) is 0 Å². The lowest BCUT2D eigenvalue weighted by Crippen LogP contribution is -2.29. The van der Waals surface area contributed by atoms with E-state index in [-0.39, 0.29) is 17.9 Å². The van der Waals surface area contributed by atoms with Crippen molar-refractivity contribution in [3.05, 3.63) is 40.9 Å². The molecule has 1 saturated heterocycles. The zero-order valence-corrected chi connectivity index (χ0v) is 14.8. The van der Waals surface area contributed by atoms with Gasteiger partial charge in [0.25, 0.3) is 0 Å². The van der Waals surface area contributed by atoms with Gasteiger partial charge in [0, 0.05) is 12.5 Å². The Balaban J connectivity index is 1.68. The normalized spacial score (nSPS) is 20.5. The number of nitrogens with one attached hydrogen (secondary N) is 3. The molecular formula is C17H23N5OS. The minimum absolute atomic E-state index is 0.0337. The molecule has 0 radical (unpaired) electrons. The molecule has 24 heavy (non-hydrogen) atoms. The van der Waals surface area contributed by atoms with E-state index in [0.717, 1.165) is 23.4 Å². The van der Waals surface area contributed by atoms with Gasteiger partial charge in [-0.25, -0.2) is 5.43 Å². The first-order valence-corrected chi connectivity index (χ1v) is 9.22. The van der Waals surface area contributed by atoms with Crippen molar-refractivity contribution >= 4 is 22.4 Å². The number of benzene rings is 1. The Bertz CT molecular complexity index is 671. The number of nitrogens with zero attached hydrogens (tertiary/aromatic N) is 2. The molecule has 0 bridgehead atoms.